The highest BCUT2D eigenvalue weighted by molar-refractivity contribution is 6.21. The first-order valence-corrected chi connectivity index (χ1v) is 15.4. The number of allylic oxidation sites excluding steroid dienone is 2. The number of nitrogens with zero attached hydrogens (tertiary/aromatic N) is 4. The van der Waals surface area contributed by atoms with Crippen molar-refractivity contribution in [3.63, 3.8) is 0 Å². The molecule has 0 spiro atoms. The summed E-state index contributed by atoms with van der Waals surface area (Å²) in [4.78, 5) is 20.0. The van der Waals surface area contributed by atoms with Gasteiger partial charge in [0.2, 0.25) is 5.71 Å². The van der Waals surface area contributed by atoms with Crippen molar-refractivity contribution in [1.29, 1.82) is 0 Å². The molecule has 0 amide bonds. The van der Waals surface area contributed by atoms with Gasteiger partial charge in [-0.2, -0.15) is 0 Å². The van der Waals surface area contributed by atoms with Crippen LogP contribution in [0.15, 0.2) is 138 Å². The minimum atomic E-state index is -0.0504. The zero-order chi connectivity index (χ0) is 30.2. The summed E-state index contributed by atoms with van der Waals surface area (Å²) in [6.07, 6.45) is 10.1. The molecule has 10 rings (SSSR count). The number of aromatic nitrogens is 4. The van der Waals surface area contributed by atoms with E-state index in [9.17, 15) is 0 Å². The highest BCUT2D eigenvalue weighted by Crippen LogP contribution is 2.46. The van der Waals surface area contributed by atoms with Crippen LogP contribution in [0.25, 0.3) is 77.8 Å². The molecule has 46 heavy (non-hydrogen) atoms. The van der Waals surface area contributed by atoms with Crippen molar-refractivity contribution in [1.82, 2.24) is 19.9 Å². The SMILES string of the molecule is C1=CC2Oc3cccc(-c4nc(-c5ccc6ccccc6c5)nc(-c5cc6ccccc6c6c5oc5ncccc56)n4)c3C2C=C1. The van der Waals surface area contributed by atoms with E-state index in [2.05, 4.69) is 96.0 Å². The lowest BCUT2D eigenvalue weighted by Gasteiger charge is -2.16. The minimum absolute atomic E-state index is 0.0504. The van der Waals surface area contributed by atoms with Crippen LogP contribution in [0.2, 0.25) is 0 Å². The third-order valence-corrected chi connectivity index (χ3v) is 9.11. The first kappa shape index (κ1) is 25.2. The van der Waals surface area contributed by atoms with Gasteiger partial charge in [0.15, 0.2) is 17.5 Å². The molecule has 1 aliphatic carbocycles. The topological polar surface area (TPSA) is 73.9 Å². The fourth-order valence-electron chi connectivity index (χ4n) is 6.99. The van der Waals surface area contributed by atoms with Gasteiger partial charge in [-0.25, -0.2) is 19.9 Å². The van der Waals surface area contributed by atoms with Crippen LogP contribution in [0.3, 0.4) is 0 Å². The summed E-state index contributed by atoms with van der Waals surface area (Å²) in [5.74, 6) is 2.65. The Morgan fingerprint density at radius 2 is 1.37 bits per heavy atom. The van der Waals surface area contributed by atoms with Gasteiger partial charge in [-0.3, -0.25) is 0 Å². The number of hydrogen-bond acceptors (Lipinski definition) is 6. The molecule has 5 aromatic carbocycles. The summed E-state index contributed by atoms with van der Waals surface area (Å²) in [5.41, 5.74) is 5.01. The first-order valence-electron chi connectivity index (χ1n) is 15.4. The molecule has 6 nitrogen and oxygen atoms in total. The maximum atomic E-state index is 6.49. The van der Waals surface area contributed by atoms with Crippen LogP contribution in [0.5, 0.6) is 5.75 Å². The minimum Gasteiger partial charge on any atom is -0.485 e. The summed E-state index contributed by atoms with van der Waals surface area (Å²) in [5, 5.41) is 6.41. The molecule has 2 aliphatic rings. The summed E-state index contributed by atoms with van der Waals surface area (Å²) < 4.78 is 12.9. The second-order valence-electron chi connectivity index (χ2n) is 11.8. The van der Waals surface area contributed by atoms with Crippen molar-refractivity contribution in [2.45, 2.75) is 12.0 Å². The average molecular weight is 593 g/mol. The number of pyridine rings is 1. The maximum absolute atomic E-state index is 6.49. The molecular formula is C40H24N4O2. The van der Waals surface area contributed by atoms with E-state index in [-0.39, 0.29) is 12.0 Å². The van der Waals surface area contributed by atoms with Crippen molar-refractivity contribution in [2.24, 2.45) is 0 Å². The van der Waals surface area contributed by atoms with Gasteiger partial charge in [-0.15, -0.1) is 0 Å². The van der Waals surface area contributed by atoms with Crippen LogP contribution >= 0.6 is 0 Å². The van der Waals surface area contributed by atoms with Gasteiger partial charge < -0.3 is 9.15 Å². The van der Waals surface area contributed by atoms with E-state index in [0.717, 1.165) is 60.3 Å². The van der Waals surface area contributed by atoms with Crippen LogP contribution in [0, 0.1) is 0 Å². The van der Waals surface area contributed by atoms with E-state index in [0.29, 0.717) is 28.8 Å². The van der Waals surface area contributed by atoms with Gasteiger partial charge in [-0.05, 0) is 58.0 Å². The molecule has 0 fully saturated rings. The van der Waals surface area contributed by atoms with Gasteiger partial charge in [0.05, 0.1) is 5.56 Å². The standard InChI is InChI=1S/C40H24N4O2/c1-2-10-24-21-26(19-18-23(24)9-1)37-42-38(29-14-7-17-33-34(29)28-13-5-6-16-32(28)45-33)44-39(43-37)31-22-25-11-3-4-12-27(25)35-30-15-8-20-41-40(30)46-36(31)35/h1-22,28,32H. The van der Waals surface area contributed by atoms with Crippen molar-refractivity contribution < 1.29 is 9.15 Å². The Hall–Kier alpha value is -6.14. The van der Waals surface area contributed by atoms with Crippen LogP contribution < -0.4 is 4.74 Å². The molecule has 0 saturated carbocycles. The molecule has 0 N–H and O–H groups in total. The number of hydrogen-bond donors (Lipinski definition) is 0. The normalized spacial score (nSPS) is 16.7. The fraction of sp³-hybridized carbons (Fsp3) is 0.0500. The maximum Gasteiger partial charge on any atom is 0.227 e. The van der Waals surface area contributed by atoms with Crippen LogP contribution in [0.1, 0.15) is 11.5 Å². The smallest absolute Gasteiger partial charge is 0.227 e. The van der Waals surface area contributed by atoms with Crippen LogP contribution in [-0.4, -0.2) is 26.0 Å². The van der Waals surface area contributed by atoms with E-state index in [4.69, 9.17) is 24.1 Å². The lowest BCUT2D eigenvalue weighted by atomic mass is 9.88. The van der Waals surface area contributed by atoms with Crippen molar-refractivity contribution in [3.05, 3.63) is 139 Å². The molecule has 0 bridgehead atoms. The Labute approximate surface area is 263 Å². The molecule has 8 aromatic rings. The van der Waals surface area contributed by atoms with E-state index >= 15 is 0 Å². The second kappa shape index (κ2) is 9.68. The largest absolute Gasteiger partial charge is 0.485 e. The molecule has 0 saturated heterocycles. The number of benzene rings is 5. The van der Waals surface area contributed by atoms with Crippen LogP contribution in [0.4, 0.5) is 0 Å². The van der Waals surface area contributed by atoms with Gasteiger partial charge in [-0.1, -0.05) is 91.0 Å². The van der Waals surface area contributed by atoms with E-state index in [1.165, 1.54) is 0 Å². The van der Waals surface area contributed by atoms with E-state index in [1.807, 2.05) is 36.4 Å². The molecule has 4 heterocycles. The third kappa shape index (κ3) is 3.77. The first-order chi connectivity index (χ1) is 22.8. The monoisotopic (exact) mass is 592 g/mol. The molecule has 2 atom stereocenters. The lowest BCUT2D eigenvalue weighted by molar-refractivity contribution is 0.269. The Balaban J connectivity index is 1.27. The number of fused-ring (bicyclic) bond motifs is 9. The molecule has 3 aromatic heterocycles. The summed E-state index contributed by atoms with van der Waals surface area (Å²) in [6, 6.07) is 35.2. The highest BCUT2D eigenvalue weighted by atomic mass is 16.5. The van der Waals surface area contributed by atoms with Gasteiger partial charge >= 0.3 is 0 Å². The fourth-order valence-corrected chi connectivity index (χ4v) is 6.99. The van der Waals surface area contributed by atoms with E-state index < -0.39 is 0 Å². The van der Waals surface area contributed by atoms with Crippen molar-refractivity contribution >= 4 is 43.6 Å². The number of rotatable bonds is 3. The predicted molar refractivity (Wildman–Crippen MR) is 182 cm³/mol. The molecule has 2 unspecified atom stereocenters. The molecular weight excluding hydrogens is 568 g/mol. The summed E-state index contributed by atoms with van der Waals surface area (Å²) in [7, 11) is 0. The number of ether oxygens (including phenoxy) is 1. The average Bonchev–Trinajstić information content (AvgIpc) is 3.70. The van der Waals surface area contributed by atoms with Crippen molar-refractivity contribution in [2.75, 3.05) is 0 Å². The van der Waals surface area contributed by atoms with Gasteiger partial charge in [0, 0.05) is 39.6 Å². The Kier molecular flexibility index (Phi) is 5.31. The van der Waals surface area contributed by atoms with Crippen LogP contribution in [-0.2, 0) is 0 Å². The Morgan fingerprint density at radius 3 is 2.30 bits per heavy atom. The second-order valence-corrected chi connectivity index (χ2v) is 11.8. The van der Waals surface area contributed by atoms with Gasteiger partial charge in [0.25, 0.3) is 0 Å². The molecule has 6 heteroatoms. The predicted octanol–water partition coefficient (Wildman–Crippen LogP) is 9.44. The highest BCUT2D eigenvalue weighted by Gasteiger charge is 2.35. The quantitative estimate of drug-likeness (QED) is 0.203. The molecule has 216 valence electrons. The number of furan rings is 1. The zero-order valence-corrected chi connectivity index (χ0v) is 24.5. The Bertz CT molecular complexity index is 2600. The molecule has 0 radical (unpaired) electrons. The third-order valence-electron chi connectivity index (χ3n) is 9.11. The lowest BCUT2D eigenvalue weighted by Crippen LogP contribution is -2.16. The Morgan fingerprint density at radius 1 is 0.587 bits per heavy atom. The molecule has 1 aliphatic heterocycles. The van der Waals surface area contributed by atoms with Gasteiger partial charge in [0.1, 0.15) is 17.4 Å². The van der Waals surface area contributed by atoms with Crippen molar-refractivity contribution in [3.8, 4) is 39.9 Å². The van der Waals surface area contributed by atoms with E-state index in [1.54, 1.807) is 6.20 Å². The summed E-state index contributed by atoms with van der Waals surface area (Å²) in [6.45, 7) is 0. The zero-order valence-electron chi connectivity index (χ0n) is 24.5. The summed E-state index contributed by atoms with van der Waals surface area (Å²) >= 11 is 0.